The fourth-order valence-electron chi connectivity index (χ4n) is 1.52. The summed E-state index contributed by atoms with van der Waals surface area (Å²) in [6.45, 7) is 7.42. The maximum Gasteiger partial charge on any atom is 0.237 e. The van der Waals surface area contributed by atoms with E-state index in [2.05, 4.69) is 22.1 Å². The molecular formula is C15H15F2N3OS3. The van der Waals surface area contributed by atoms with Crippen molar-refractivity contribution in [2.75, 3.05) is 11.1 Å². The maximum atomic E-state index is 13.6. The molecule has 0 spiro atoms. The topological polar surface area (TPSA) is 54.9 Å². The Morgan fingerprint density at radius 2 is 2.08 bits per heavy atom. The van der Waals surface area contributed by atoms with Gasteiger partial charge >= 0.3 is 0 Å². The summed E-state index contributed by atoms with van der Waals surface area (Å²) in [7, 11) is 0. The summed E-state index contributed by atoms with van der Waals surface area (Å²) in [5.41, 5.74) is 0.858. The van der Waals surface area contributed by atoms with E-state index in [1.165, 1.54) is 34.9 Å². The van der Waals surface area contributed by atoms with E-state index in [-0.39, 0.29) is 5.69 Å². The molecule has 1 heterocycles. The highest BCUT2D eigenvalue weighted by Crippen LogP contribution is 2.32. The van der Waals surface area contributed by atoms with Crippen molar-refractivity contribution in [3.63, 3.8) is 0 Å². The van der Waals surface area contributed by atoms with Gasteiger partial charge in [-0.15, -0.1) is 10.2 Å². The van der Waals surface area contributed by atoms with Gasteiger partial charge in [-0.25, -0.2) is 8.78 Å². The second-order valence-corrected chi connectivity index (χ2v) is 8.74. The predicted molar refractivity (Wildman–Crippen MR) is 95.8 cm³/mol. The molecule has 24 heavy (non-hydrogen) atoms. The van der Waals surface area contributed by atoms with Crippen molar-refractivity contribution in [3.8, 4) is 0 Å². The number of anilines is 1. The van der Waals surface area contributed by atoms with Crippen LogP contribution in [0.4, 0.5) is 14.5 Å². The molecule has 0 bridgehead atoms. The second-order valence-electron chi connectivity index (χ2n) is 4.95. The average molecular weight is 388 g/mol. The number of amides is 1. The minimum atomic E-state index is -0.684. The molecule has 0 unspecified atom stereocenters. The van der Waals surface area contributed by atoms with Gasteiger partial charge in [0.1, 0.15) is 11.6 Å². The number of carbonyl (C=O) groups is 1. The smallest absolute Gasteiger partial charge is 0.237 e. The average Bonchev–Trinajstić information content (AvgIpc) is 2.96. The largest absolute Gasteiger partial charge is 0.323 e. The molecule has 0 aliphatic rings. The molecule has 1 atom stereocenters. The van der Waals surface area contributed by atoms with E-state index in [4.69, 9.17) is 0 Å². The first-order valence-corrected chi connectivity index (χ1v) is 9.56. The molecule has 4 nitrogen and oxygen atoms in total. The van der Waals surface area contributed by atoms with Crippen LogP contribution in [-0.2, 0) is 4.79 Å². The quantitative estimate of drug-likeness (QED) is 0.556. The number of rotatable bonds is 7. The van der Waals surface area contributed by atoms with Crippen molar-refractivity contribution in [1.29, 1.82) is 0 Å². The van der Waals surface area contributed by atoms with Gasteiger partial charge in [0.25, 0.3) is 0 Å². The van der Waals surface area contributed by atoms with E-state index in [1.54, 1.807) is 6.92 Å². The Hall–Kier alpha value is -1.45. The van der Waals surface area contributed by atoms with Crippen molar-refractivity contribution >= 4 is 46.5 Å². The second kappa shape index (κ2) is 8.59. The number of nitrogens with zero attached hydrogens (tertiary/aromatic N) is 2. The lowest BCUT2D eigenvalue weighted by molar-refractivity contribution is -0.115. The first kappa shape index (κ1) is 18.9. The van der Waals surface area contributed by atoms with Gasteiger partial charge in [0.15, 0.2) is 8.68 Å². The number of hydrogen-bond donors (Lipinski definition) is 1. The molecule has 0 aliphatic heterocycles. The summed E-state index contributed by atoms with van der Waals surface area (Å²) < 4.78 is 28.1. The van der Waals surface area contributed by atoms with Crippen LogP contribution in [0.5, 0.6) is 0 Å². The van der Waals surface area contributed by atoms with Gasteiger partial charge in [-0.3, -0.25) is 4.79 Å². The molecule has 9 heteroatoms. The third-order valence-corrected chi connectivity index (χ3v) is 6.13. The number of benzene rings is 1. The van der Waals surface area contributed by atoms with E-state index >= 15 is 0 Å². The summed E-state index contributed by atoms with van der Waals surface area (Å²) >= 11 is 4.13. The van der Waals surface area contributed by atoms with Crippen molar-refractivity contribution in [2.24, 2.45) is 0 Å². The minimum Gasteiger partial charge on any atom is -0.323 e. The van der Waals surface area contributed by atoms with Crippen molar-refractivity contribution in [1.82, 2.24) is 10.2 Å². The van der Waals surface area contributed by atoms with E-state index in [9.17, 15) is 13.6 Å². The Bertz CT molecular complexity index is 751. The Balaban J connectivity index is 1.94. The molecule has 1 aromatic heterocycles. The van der Waals surface area contributed by atoms with Crippen LogP contribution in [0.3, 0.4) is 0 Å². The van der Waals surface area contributed by atoms with Gasteiger partial charge in [-0.05, 0) is 26.0 Å². The Morgan fingerprint density at radius 3 is 2.79 bits per heavy atom. The SMILES string of the molecule is C=C(C)CSc1nnc(S[C@@H](C)C(=O)Nc2cc(F)ccc2F)s1. The Labute approximate surface area is 151 Å². The van der Waals surface area contributed by atoms with Crippen LogP contribution in [0, 0.1) is 11.6 Å². The van der Waals surface area contributed by atoms with Crippen molar-refractivity contribution < 1.29 is 13.6 Å². The van der Waals surface area contributed by atoms with Gasteiger partial charge in [0.2, 0.25) is 5.91 Å². The molecule has 0 fully saturated rings. The van der Waals surface area contributed by atoms with E-state index < -0.39 is 22.8 Å². The van der Waals surface area contributed by atoms with E-state index in [0.29, 0.717) is 4.34 Å². The number of thioether (sulfide) groups is 2. The normalized spacial score (nSPS) is 12.0. The summed E-state index contributed by atoms with van der Waals surface area (Å²) in [6, 6.07) is 2.91. The molecule has 0 saturated carbocycles. The highest BCUT2D eigenvalue weighted by atomic mass is 32.2. The van der Waals surface area contributed by atoms with E-state index in [0.717, 1.165) is 33.9 Å². The molecular weight excluding hydrogens is 372 g/mol. The van der Waals surface area contributed by atoms with Crippen LogP contribution in [0.25, 0.3) is 0 Å². The number of halogens is 2. The zero-order valence-electron chi connectivity index (χ0n) is 13.0. The third kappa shape index (κ3) is 5.57. The standard InChI is InChI=1S/C15H15F2N3OS3/c1-8(2)7-22-14-19-20-15(24-14)23-9(3)13(21)18-12-6-10(16)4-5-11(12)17/h4-6,9H,1,7H2,2-3H3,(H,18,21)/t9-/m0/s1. The van der Waals surface area contributed by atoms with Crippen LogP contribution >= 0.6 is 34.9 Å². The van der Waals surface area contributed by atoms with Gasteiger partial charge in [-0.1, -0.05) is 47.0 Å². The van der Waals surface area contributed by atoms with Gasteiger partial charge in [0.05, 0.1) is 10.9 Å². The van der Waals surface area contributed by atoms with Crippen LogP contribution < -0.4 is 5.32 Å². The number of carbonyl (C=O) groups excluding carboxylic acids is 1. The van der Waals surface area contributed by atoms with Crippen LogP contribution in [-0.4, -0.2) is 27.1 Å². The number of aromatic nitrogens is 2. The molecule has 1 amide bonds. The summed E-state index contributed by atoms with van der Waals surface area (Å²) in [6.07, 6.45) is 0. The van der Waals surface area contributed by atoms with Crippen LogP contribution in [0.2, 0.25) is 0 Å². The lowest BCUT2D eigenvalue weighted by atomic mass is 10.3. The lowest BCUT2D eigenvalue weighted by Crippen LogP contribution is -2.23. The molecule has 2 rings (SSSR count). The van der Waals surface area contributed by atoms with Crippen molar-refractivity contribution in [2.45, 2.75) is 27.8 Å². The molecule has 128 valence electrons. The van der Waals surface area contributed by atoms with Crippen LogP contribution in [0.1, 0.15) is 13.8 Å². The highest BCUT2D eigenvalue weighted by molar-refractivity contribution is 8.04. The molecule has 0 radical (unpaired) electrons. The van der Waals surface area contributed by atoms with Gasteiger partial charge in [-0.2, -0.15) is 0 Å². The molecule has 0 saturated heterocycles. The number of hydrogen-bond acceptors (Lipinski definition) is 6. The number of nitrogens with one attached hydrogen (secondary N) is 1. The van der Waals surface area contributed by atoms with Crippen molar-refractivity contribution in [3.05, 3.63) is 42.0 Å². The zero-order chi connectivity index (χ0) is 17.7. The third-order valence-electron chi connectivity index (χ3n) is 2.66. The summed E-state index contributed by atoms with van der Waals surface area (Å²) in [5, 5.41) is 9.92. The lowest BCUT2D eigenvalue weighted by Gasteiger charge is -2.10. The molecule has 1 aromatic carbocycles. The summed E-state index contributed by atoms with van der Waals surface area (Å²) in [4.78, 5) is 12.1. The maximum absolute atomic E-state index is 13.6. The predicted octanol–water partition coefficient (Wildman–Crippen LogP) is 4.60. The monoisotopic (exact) mass is 387 g/mol. The zero-order valence-corrected chi connectivity index (χ0v) is 15.5. The van der Waals surface area contributed by atoms with E-state index in [1.807, 2.05) is 6.92 Å². The van der Waals surface area contributed by atoms with Gasteiger partial charge in [0, 0.05) is 11.8 Å². The Morgan fingerprint density at radius 1 is 1.38 bits per heavy atom. The molecule has 2 aromatic rings. The minimum absolute atomic E-state index is 0.178. The highest BCUT2D eigenvalue weighted by Gasteiger charge is 2.19. The Kier molecular flexibility index (Phi) is 6.76. The first-order chi connectivity index (χ1) is 11.3. The molecule has 1 N–H and O–H groups in total. The molecule has 0 aliphatic carbocycles. The van der Waals surface area contributed by atoms with Crippen LogP contribution in [0.15, 0.2) is 39.0 Å². The summed E-state index contributed by atoms with van der Waals surface area (Å²) in [5.74, 6) is -0.976. The fraction of sp³-hybridized carbons (Fsp3) is 0.267. The van der Waals surface area contributed by atoms with Gasteiger partial charge < -0.3 is 5.32 Å². The fourth-order valence-corrected chi connectivity index (χ4v) is 4.53. The first-order valence-electron chi connectivity index (χ1n) is 6.88.